The Bertz CT molecular complexity index is 1090. The van der Waals surface area contributed by atoms with Crippen molar-refractivity contribution in [3.05, 3.63) is 76.4 Å². The quantitative estimate of drug-likeness (QED) is 0.478. The highest BCUT2D eigenvalue weighted by Crippen LogP contribution is 2.30. The van der Waals surface area contributed by atoms with E-state index in [0.717, 1.165) is 16.3 Å². The Morgan fingerprint density at radius 3 is 2.46 bits per heavy atom. The van der Waals surface area contributed by atoms with Crippen molar-refractivity contribution in [2.45, 2.75) is 20.0 Å². The van der Waals surface area contributed by atoms with Gasteiger partial charge in [-0.25, -0.2) is 9.78 Å². The molecule has 0 fully saturated rings. The number of esters is 1. The van der Waals surface area contributed by atoms with Crippen LogP contribution in [0.4, 0.5) is 0 Å². The number of tetrazole rings is 1. The molecule has 0 bridgehead atoms. The van der Waals surface area contributed by atoms with Crippen molar-refractivity contribution in [3.8, 4) is 16.9 Å². The van der Waals surface area contributed by atoms with Crippen LogP contribution in [-0.2, 0) is 4.74 Å². The number of hydrogen-bond donors (Lipinski definition) is 0. The molecule has 0 spiro atoms. The van der Waals surface area contributed by atoms with E-state index in [1.165, 1.54) is 11.3 Å². The monoisotopic (exact) mass is 391 g/mol. The number of rotatable bonds is 5. The zero-order chi connectivity index (χ0) is 19.5. The number of nitrogens with zero attached hydrogens (tertiary/aromatic N) is 5. The van der Waals surface area contributed by atoms with E-state index in [0.29, 0.717) is 16.4 Å². The number of ether oxygens (including phenoxy) is 1. The Morgan fingerprint density at radius 2 is 1.75 bits per heavy atom. The summed E-state index contributed by atoms with van der Waals surface area (Å²) in [6.45, 7) is 3.62. The van der Waals surface area contributed by atoms with Gasteiger partial charge in [0.05, 0.1) is 16.4 Å². The molecule has 0 saturated carbocycles. The van der Waals surface area contributed by atoms with Gasteiger partial charge in [-0.2, -0.15) is 4.68 Å². The fourth-order valence-corrected chi connectivity index (χ4v) is 3.65. The average Bonchev–Trinajstić information content (AvgIpc) is 3.36. The Labute approximate surface area is 165 Å². The zero-order valence-electron chi connectivity index (χ0n) is 15.3. The van der Waals surface area contributed by atoms with Crippen molar-refractivity contribution in [2.24, 2.45) is 0 Å². The van der Waals surface area contributed by atoms with E-state index in [1.807, 2.05) is 67.6 Å². The third-order valence-corrected chi connectivity index (χ3v) is 5.06. The van der Waals surface area contributed by atoms with Crippen molar-refractivity contribution in [2.75, 3.05) is 0 Å². The van der Waals surface area contributed by atoms with Crippen molar-refractivity contribution in [1.82, 2.24) is 25.2 Å². The van der Waals surface area contributed by atoms with Gasteiger partial charge < -0.3 is 4.74 Å². The number of aryl methyl sites for hydroxylation is 1. The molecule has 1 atom stereocenters. The minimum absolute atomic E-state index is 0.445. The van der Waals surface area contributed by atoms with Gasteiger partial charge in [0.1, 0.15) is 4.88 Å². The second-order valence-electron chi connectivity index (χ2n) is 6.11. The Balaban J connectivity index is 1.60. The number of benzene rings is 2. The normalized spacial score (nSPS) is 11.9. The Kier molecular flexibility index (Phi) is 4.94. The molecule has 4 rings (SSSR count). The van der Waals surface area contributed by atoms with Crippen LogP contribution in [0.25, 0.3) is 16.9 Å². The fourth-order valence-electron chi connectivity index (χ4n) is 2.82. The number of thiazole rings is 1. The zero-order valence-corrected chi connectivity index (χ0v) is 16.1. The van der Waals surface area contributed by atoms with Crippen LogP contribution < -0.4 is 0 Å². The van der Waals surface area contributed by atoms with E-state index in [-0.39, 0.29) is 0 Å². The van der Waals surface area contributed by atoms with Gasteiger partial charge in [-0.3, -0.25) is 0 Å². The molecular weight excluding hydrogens is 374 g/mol. The van der Waals surface area contributed by atoms with Crippen LogP contribution in [0.5, 0.6) is 0 Å². The summed E-state index contributed by atoms with van der Waals surface area (Å²) in [6.07, 6.45) is -0.631. The lowest BCUT2D eigenvalue weighted by Crippen LogP contribution is -2.14. The fraction of sp³-hybridized carbons (Fsp3) is 0.150. The maximum atomic E-state index is 12.9. The highest BCUT2D eigenvalue weighted by atomic mass is 32.1. The summed E-state index contributed by atoms with van der Waals surface area (Å²) in [5.41, 5.74) is 2.30. The van der Waals surface area contributed by atoms with Crippen molar-refractivity contribution >= 4 is 17.3 Å². The van der Waals surface area contributed by atoms with E-state index in [2.05, 4.69) is 20.5 Å². The molecule has 8 heteroatoms. The molecule has 0 radical (unpaired) electrons. The molecule has 140 valence electrons. The van der Waals surface area contributed by atoms with Gasteiger partial charge in [0.25, 0.3) is 0 Å². The molecular formula is C20H17N5O2S. The maximum absolute atomic E-state index is 12.9. The average molecular weight is 391 g/mol. The van der Waals surface area contributed by atoms with Crippen LogP contribution in [0, 0.1) is 6.92 Å². The standard InChI is InChI=1S/C20H17N5O2S/c1-13(19-22-23-24-25(19)16-11-7-4-8-12-16)27-20(26)18-17(21-14(2)28-18)15-9-5-3-6-10-15/h3-13H,1-2H3/t13-/m1/s1. The van der Waals surface area contributed by atoms with Gasteiger partial charge in [0.2, 0.25) is 0 Å². The predicted molar refractivity (Wildman–Crippen MR) is 105 cm³/mol. The molecule has 0 unspecified atom stereocenters. The van der Waals surface area contributed by atoms with Gasteiger partial charge in [-0.15, -0.1) is 16.4 Å². The van der Waals surface area contributed by atoms with Gasteiger partial charge in [-0.1, -0.05) is 48.5 Å². The summed E-state index contributed by atoms with van der Waals surface area (Å²) in [7, 11) is 0. The molecule has 0 saturated heterocycles. The van der Waals surface area contributed by atoms with Crippen LogP contribution >= 0.6 is 11.3 Å². The van der Waals surface area contributed by atoms with E-state index in [4.69, 9.17) is 4.74 Å². The second kappa shape index (κ2) is 7.69. The van der Waals surface area contributed by atoms with Crippen LogP contribution in [-0.4, -0.2) is 31.2 Å². The Hall–Kier alpha value is -3.39. The smallest absolute Gasteiger partial charge is 0.351 e. The summed E-state index contributed by atoms with van der Waals surface area (Å²) < 4.78 is 7.25. The van der Waals surface area contributed by atoms with E-state index >= 15 is 0 Å². The van der Waals surface area contributed by atoms with Crippen LogP contribution in [0.3, 0.4) is 0 Å². The van der Waals surface area contributed by atoms with Crippen LogP contribution in [0.2, 0.25) is 0 Å². The van der Waals surface area contributed by atoms with Crippen LogP contribution in [0.15, 0.2) is 60.7 Å². The number of carbonyl (C=O) groups excluding carboxylic acids is 1. The minimum atomic E-state index is -0.631. The molecule has 0 N–H and O–H groups in total. The highest BCUT2D eigenvalue weighted by Gasteiger charge is 2.25. The molecule has 0 aliphatic rings. The topological polar surface area (TPSA) is 82.8 Å². The lowest BCUT2D eigenvalue weighted by molar-refractivity contribution is 0.0321. The van der Waals surface area contributed by atoms with E-state index < -0.39 is 12.1 Å². The van der Waals surface area contributed by atoms with Crippen molar-refractivity contribution in [1.29, 1.82) is 0 Å². The first-order valence-electron chi connectivity index (χ1n) is 8.71. The molecule has 0 amide bonds. The molecule has 28 heavy (non-hydrogen) atoms. The molecule has 0 aliphatic heterocycles. The lowest BCUT2D eigenvalue weighted by Gasteiger charge is -2.13. The largest absolute Gasteiger partial charge is 0.450 e. The SMILES string of the molecule is Cc1nc(-c2ccccc2)c(C(=O)O[C@H](C)c2nnnn2-c2ccccc2)s1. The number of carbonyl (C=O) groups is 1. The summed E-state index contributed by atoms with van der Waals surface area (Å²) >= 11 is 1.31. The second-order valence-corrected chi connectivity index (χ2v) is 7.31. The first-order valence-corrected chi connectivity index (χ1v) is 9.52. The van der Waals surface area contributed by atoms with Crippen molar-refractivity contribution in [3.63, 3.8) is 0 Å². The first kappa shape index (κ1) is 18.0. The van der Waals surface area contributed by atoms with Gasteiger partial charge >= 0.3 is 5.97 Å². The Morgan fingerprint density at radius 1 is 1.07 bits per heavy atom. The molecule has 2 heterocycles. The molecule has 4 aromatic rings. The highest BCUT2D eigenvalue weighted by molar-refractivity contribution is 7.14. The van der Waals surface area contributed by atoms with E-state index in [1.54, 1.807) is 11.6 Å². The first-order chi connectivity index (χ1) is 13.6. The predicted octanol–water partition coefficient (Wildman–Crippen LogP) is 4.01. The summed E-state index contributed by atoms with van der Waals surface area (Å²) in [6, 6.07) is 19.1. The molecule has 2 aromatic carbocycles. The number of hydrogen-bond acceptors (Lipinski definition) is 7. The summed E-state index contributed by atoms with van der Waals surface area (Å²) in [4.78, 5) is 17.9. The third-order valence-electron chi connectivity index (χ3n) is 4.11. The third kappa shape index (κ3) is 3.54. The summed E-state index contributed by atoms with van der Waals surface area (Å²) in [5, 5.41) is 12.6. The number of aromatic nitrogens is 5. The van der Waals surface area contributed by atoms with Gasteiger partial charge in [0.15, 0.2) is 11.9 Å². The van der Waals surface area contributed by atoms with Gasteiger partial charge in [0, 0.05) is 5.56 Å². The minimum Gasteiger partial charge on any atom is -0.450 e. The lowest BCUT2D eigenvalue weighted by atomic mass is 10.1. The van der Waals surface area contributed by atoms with Crippen molar-refractivity contribution < 1.29 is 9.53 Å². The summed E-state index contributed by atoms with van der Waals surface area (Å²) in [5.74, 6) is 0.00149. The molecule has 2 aromatic heterocycles. The maximum Gasteiger partial charge on any atom is 0.351 e. The van der Waals surface area contributed by atoms with Crippen LogP contribution in [0.1, 0.15) is 33.5 Å². The molecule has 7 nitrogen and oxygen atoms in total. The van der Waals surface area contributed by atoms with Gasteiger partial charge in [-0.05, 0) is 36.4 Å². The van der Waals surface area contributed by atoms with E-state index in [9.17, 15) is 4.79 Å². The molecule has 0 aliphatic carbocycles. The number of para-hydroxylation sites is 1.